The molecular weight excluding hydrogens is 310 g/mol. The average molecular weight is 331 g/mol. The molecule has 1 aromatic rings. The Kier molecular flexibility index (Phi) is 2.52. The van der Waals surface area contributed by atoms with E-state index in [9.17, 15) is 20.1 Å². The number of carbonyl (C=O) groups is 1. The number of nitrogens with zero attached hydrogens (tertiary/aromatic N) is 1. The maximum atomic E-state index is 12.9. The van der Waals surface area contributed by atoms with Crippen molar-refractivity contribution in [3.63, 3.8) is 0 Å². The van der Waals surface area contributed by atoms with Crippen molar-refractivity contribution in [2.24, 2.45) is 0 Å². The lowest BCUT2D eigenvalue weighted by atomic mass is 9.45. The zero-order chi connectivity index (χ0) is 16.9. The molecule has 1 saturated heterocycles. The summed E-state index contributed by atoms with van der Waals surface area (Å²) in [4.78, 5) is 15.1. The fourth-order valence-electron chi connectivity index (χ4n) is 6.04. The Labute approximate surface area is 139 Å². The lowest BCUT2D eigenvalue weighted by Gasteiger charge is -2.64. The largest absolute Gasteiger partial charge is 0.504 e. The molecule has 0 radical (unpaired) electrons. The first-order chi connectivity index (χ1) is 11.4. The van der Waals surface area contributed by atoms with Crippen LogP contribution >= 0.6 is 0 Å². The molecule has 6 heteroatoms. The first-order valence-corrected chi connectivity index (χ1v) is 8.52. The van der Waals surface area contributed by atoms with Gasteiger partial charge in [-0.2, -0.15) is 0 Å². The molecule has 24 heavy (non-hydrogen) atoms. The second-order valence-electron chi connectivity index (χ2n) is 7.74. The van der Waals surface area contributed by atoms with E-state index in [1.54, 1.807) is 6.07 Å². The third kappa shape index (κ3) is 1.21. The predicted octanol–water partition coefficient (Wildman–Crippen LogP) is 0.108. The van der Waals surface area contributed by atoms with Crippen LogP contribution in [0.5, 0.6) is 11.5 Å². The number of phenolic OH excluding ortho intramolecular Hbond substituents is 1. The fourth-order valence-corrected chi connectivity index (χ4v) is 6.04. The summed E-state index contributed by atoms with van der Waals surface area (Å²) < 4.78 is 6.03. The molecule has 1 saturated carbocycles. The number of aliphatic hydroxyl groups excluding tert-OH is 1. The van der Waals surface area contributed by atoms with Gasteiger partial charge in [-0.15, -0.1) is 0 Å². The Hall–Kier alpha value is -1.63. The van der Waals surface area contributed by atoms with Gasteiger partial charge in [0.15, 0.2) is 17.3 Å². The van der Waals surface area contributed by atoms with Crippen LogP contribution in [0.15, 0.2) is 12.1 Å². The van der Waals surface area contributed by atoms with Gasteiger partial charge in [0, 0.05) is 18.0 Å². The van der Waals surface area contributed by atoms with Gasteiger partial charge in [0.1, 0.15) is 0 Å². The van der Waals surface area contributed by atoms with Gasteiger partial charge in [-0.25, -0.2) is 0 Å². The van der Waals surface area contributed by atoms with E-state index in [0.29, 0.717) is 25.8 Å². The highest BCUT2D eigenvalue weighted by atomic mass is 16.5. The zero-order valence-electron chi connectivity index (χ0n) is 13.6. The van der Waals surface area contributed by atoms with E-state index in [0.717, 1.165) is 11.1 Å². The maximum Gasteiger partial charge on any atom is 0.202 e. The number of aliphatic hydroxyl groups is 2. The molecule has 6 nitrogen and oxygen atoms in total. The fraction of sp³-hybridized carbons (Fsp3) is 0.611. The van der Waals surface area contributed by atoms with Gasteiger partial charge in [0.2, 0.25) is 5.60 Å². The highest BCUT2D eigenvalue weighted by Gasteiger charge is 2.79. The van der Waals surface area contributed by atoms with E-state index in [2.05, 4.69) is 4.90 Å². The molecule has 2 aliphatic carbocycles. The number of phenols is 1. The Morgan fingerprint density at radius 2 is 2.17 bits per heavy atom. The van der Waals surface area contributed by atoms with Gasteiger partial charge in [0.05, 0.1) is 17.6 Å². The topological polar surface area (TPSA) is 90.2 Å². The molecule has 2 bridgehead atoms. The summed E-state index contributed by atoms with van der Waals surface area (Å²) in [6, 6.07) is 3.31. The monoisotopic (exact) mass is 331 g/mol. The number of ether oxygens (including phenoxy) is 1. The van der Waals surface area contributed by atoms with E-state index in [1.165, 1.54) is 0 Å². The second-order valence-corrected chi connectivity index (χ2v) is 7.74. The second kappa shape index (κ2) is 4.12. The quantitative estimate of drug-likeness (QED) is 0.677. The molecule has 4 aliphatic rings. The molecule has 5 rings (SSSR count). The molecule has 2 aliphatic heterocycles. The van der Waals surface area contributed by atoms with E-state index >= 15 is 0 Å². The van der Waals surface area contributed by atoms with Gasteiger partial charge in [-0.1, -0.05) is 6.07 Å². The van der Waals surface area contributed by atoms with Crippen molar-refractivity contribution in [2.75, 3.05) is 20.2 Å². The summed E-state index contributed by atoms with van der Waals surface area (Å²) in [5.74, 6) is 0.0672. The van der Waals surface area contributed by atoms with Crippen molar-refractivity contribution in [2.45, 2.75) is 48.3 Å². The molecule has 4 unspecified atom stereocenters. The van der Waals surface area contributed by atoms with Crippen molar-refractivity contribution in [3.8, 4) is 11.5 Å². The minimum atomic E-state index is -1.49. The first kappa shape index (κ1) is 14.7. The summed E-state index contributed by atoms with van der Waals surface area (Å²) in [5.41, 5.74) is -1.88. The van der Waals surface area contributed by atoms with Crippen molar-refractivity contribution < 1.29 is 24.9 Å². The molecule has 0 amide bonds. The van der Waals surface area contributed by atoms with Crippen LogP contribution in [0.3, 0.4) is 0 Å². The third-order valence-electron chi connectivity index (χ3n) is 7.10. The van der Waals surface area contributed by atoms with Crippen molar-refractivity contribution in [3.05, 3.63) is 23.3 Å². The SMILES string of the molecule is CN1CCC23c4c5ccc(O)c4OC2(CO)C(=O)CCC3(O)C1C5. The van der Waals surface area contributed by atoms with Crippen LogP contribution in [0, 0.1) is 0 Å². The maximum absolute atomic E-state index is 12.9. The van der Waals surface area contributed by atoms with Crippen LogP contribution in [-0.4, -0.2) is 63.4 Å². The Balaban J connectivity index is 1.92. The number of aromatic hydroxyl groups is 1. The Morgan fingerprint density at radius 1 is 1.38 bits per heavy atom. The van der Waals surface area contributed by atoms with Crippen LogP contribution in [-0.2, 0) is 16.6 Å². The Bertz CT molecular complexity index is 779. The van der Waals surface area contributed by atoms with E-state index < -0.39 is 23.2 Å². The molecule has 1 aromatic carbocycles. The van der Waals surface area contributed by atoms with Gasteiger partial charge < -0.3 is 25.0 Å². The summed E-state index contributed by atoms with van der Waals surface area (Å²) in [6.07, 6.45) is 1.70. The van der Waals surface area contributed by atoms with Gasteiger partial charge >= 0.3 is 0 Å². The lowest BCUT2D eigenvalue weighted by Crippen LogP contribution is -2.81. The number of hydrogen-bond acceptors (Lipinski definition) is 6. The van der Waals surface area contributed by atoms with Crippen LogP contribution in [0.2, 0.25) is 0 Å². The number of likely N-dealkylation sites (tertiary alicyclic amines) is 1. The van der Waals surface area contributed by atoms with Crippen LogP contribution < -0.4 is 4.74 Å². The molecule has 3 N–H and O–H groups in total. The molecular formula is C18H21NO5. The minimum absolute atomic E-state index is 0.0297. The van der Waals surface area contributed by atoms with Crippen molar-refractivity contribution in [1.29, 1.82) is 0 Å². The summed E-state index contributed by atoms with van der Waals surface area (Å²) in [6.45, 7) is 0.220. The Morgan fingerprint density at radius 3 is 2.92 bits per heavy atom. The smallest absolute Gasteiger partial charge is 0.202 e. The van der Waals surface area contributed by atoms with E-state index in [4.69, 9.17) is 4.74 Å². The third-order valence-corrected chi connectivity index (χ3v) is 7.10. The number of hydrogen-bond donors (Lipinski definition) is 3. The predicted molar refractivity (Wildman–Crippen MR) is 84.2 cm³/mol. The van der Waals surface area contributed by atoms with E-state index in [-0.39, 0.29) is 29.7 Å². The summed E-state index contributed by atoms with van der Waals surface area (Å²) in [5, 5.41) is 32.4. The van der Waals surface area contributed by atoms with Crippen molar-refractivity contribution in [1.82, 2.24) is 4.90 Å². The number of Topliss-reactive ketones (excluding diaryl/α,β-unsaturated/α-hetero) is 1. The standard InChI is InChI=1S/C18H21NO5/c1-19-7-6-16-14-10-2-3-11(21)15(14)24-18(16,9-20)13(22)4-5-17(16,23)12(19)8-10/h2-3,12,20-21,23H,4-9H2,1H3. The van der Waals surface area contributed by atoms with E-state index in [1.807, 2.05) is 13.1 Å². The first-order valence-electron chi connectivity index (χ1n) is 8.52. The normalized spacial score (nSPS) is 42.6. The lowest BCUT2D eigenvalue weighted by molar-refractivity contribution is -0.216. The van der Waals surface area contributed by atoms with Crippen LogP contribution in [0.4, 0.5) is 0 Å². The number of piperidine rings is 1. The highest BCUT2D eigenvalue weighted by Crippen LogP contribution is 2.68. The van der Waals surface area contributed by atoms with Gasteiger partial charge in [0.25, 0.3) is 0 Å². The van der Waals surface area contributed by atoms with Gasteiger partial charge in [-0.3, -0.25) is 4.79 Å². The van der Waals surface area contributed by atoms with Crippen molar-refractivity contribution >= 4 is 5.78 Å². The number of ketones is 1. The number of benzene rings is 1. The molecule has 2 fully saturated rings. The number of carbonyl (C=O) groups excluding carboxylic acids is 1. The van der Waals surface area contributed by atoms with Gasteiger partial charge in [-0.05, 0) is 44.5 Å². The molecule has 1 spiro atoms. The average Bonchev–Trinajstić information content (AvgIpc) is 2.88. The zero-order valence-corrected chi connectivity index (χ0v) is 13.6. The highest BCUT2D eigenvalue weighted by molar-refractivity contribution is 5.94. The molecule has 2 heterocycles. The molecule has 128 valence electrons. The molecule has 4 atom stereocenters. The minimum Gasteiger partial charge on any atom is -0.504 e. The van der Waals surface area contributed by atoms with Crippen LogP contribution in [0.25, 0.3) is 0 Å². The van der Waals surface area contributed by atoms with Crippen LogP contribution in [0.1, 0.15) is 30.4 Å². The summed E-state index contributed by atoms with van der Waals surface area (Å²) in [7, 11) is 1.99. The molecule has 0 aromatic heterocycles. The number of likely N-dealkylation sites (N-methyl/N-ethyl adjacent to an activating group) is 1. The number of rotatable bonds is 1. The summed E-state index contributed by atoms with van der Waals surface area (Å²) >= 11 is 0.